The lowest BCUT2D eigenvalue weighted by Crippen LogP contribution is -2.43. The zero-order valence-corrected chi connectivity index (χ0v) is 20.7. The number of likely N-dealkylation sites (tertiary alicyclic amines) is 1. The molecular weight excluding hydrogens is 455 g/mol. The van der Waals surface area contributed by atoms with Gasteiger partial charge in [0.05, 0.1) is 12.6 Å². The van der Waals surface area contributed by atoms with Gasteiger partial charge < -0.3 is 19.8 Å². The number of halogens is 1. The highest BCUT2D eigenvalue weighted by Crippen LogP contribution is 2.37. The van der Waals surface area contributed by atoms with Gasteiger partial charge in [0.15, 0.2) is 0 Å². The van der Waals surface area contributed by atoms with Crippen LogP contribution in [0.15, 0.2) is 66.7 Å². The minimum atomic E-state index is -0.236. The van der Waals surface area contributed by atoms with Crippen molar-refractivity contribution in [1.29, 1.82) is 0 Å². The highest BCUT2D eigenvalue weighted by atomic mass is 19.1. The number of rotatable bonds is 8. The number of nitrogens with zero attached hydrogens (tertiary/aromatic N) is 2. The molecule has 190 valence electrons. The van der Waals surface area contributed by atoms with Gasteiger partial charge >= 0.3 is 0 Å². The van der Waals surface area contributed by atoms with Crippen LogP contribution in [0.1, 0.15) is 42.0 Å². The highest BCUT2D eigenvalue weighted by molar-refractivity contribution is 5.53. The Morgan fingerprint density at radius 3 is 2.53 bits per heavy atom. The van der Waals surface area contributed by atoms with Crippen LogP contribution in [0.25, 0.3) is 0 Å². The van der Waals surface area contributed by atoms with E-state index < -0.39 is 0 Å². The molecule has 2 heterocycles. The number of fused-ring (bicyclic) bond motifs is 1. The number of benzene rings is 3. The van der Waals surface area contributed by atoms with Crippen molar-refractivity contribution >= 4 is 5.69 Å². The maximum atomic E-state index is 13.6. The van der Waals surface area contributed by atoms with Crippen LogP contribution in [0.3, 0.4) is 0 Å². The Kier molecular flexibility index (Phi) is 7.73. The maximum Gasteiger partial charge on any atom is 0.123 e. The van der Waals surface area contributed by atoms with Crippen molar-refractivity contribution in [3.63, 3.8) is 0 Å². The van der Waals surface area contributed by atoms with Crippen LogP contribution >= 0.6 is 0 Å². The number of hydrogen-bond acceptors (Lipinski definition) is 5. The summed E-state index contributed by atoms with van der Waals surface area (Å²) < 4.78 is 19.6. The fourth-order valence-corrected chi connectivity index (χ4v) is 5.65. The second-order valence-corrected chi connectivity index (χ2v) is 9.88. The first-order chi connectivity index (χ1) is 17.6. The lowest BCUT2D eigenvalue weighted by atomic mass is 9.88. The average molecular weight is 491 g/mol. The summed E-state index contributed by atoms with van der Waals surface area (Å²) in [5.41, 5.74) is 4.55. The summed E-state index contributed by atoms with van der Waals surface area (Å²) in [6.07, 6.45) is 5.06. The molecular formula is C30H35FN2O3. The van der Waals surface area contributed by atoms with Gasteiger partial charge in [0, 0.05) is 24.8 Å². The van der Waals surface area contributed by atoms with E-state index in [2.05, 4.69) is 21.9 Å². The van der Waals surface area contributed by atoms with Crippen molar-refractivity contribution in [3.8, 4) is 11.5 Å². The minimum absolute atomic E-state index is 0.0843. The van der Waals surface area contributed by atoms with E-state index in [1.54, 1.807) is 6.07 Å². The van der Waals surface area contributed by atoms with Crippen molar-refractivity contribution in [3.05, 3.63) is 89.2 Å². The van der Waals surface area contributed by atoms with Crippen LogP contribution in [-0.4, -0.2) is 54.0 Å². The summed E-state index contributed by atoms with van der Waals surface area (Å²) in [6.45, 7) is 3.48. The van der Waals surface area contributed by atoms with Crippen LogP contribution in [0.5, 0.6) is 11.5 Å². The van der Waals surface area contributed by atoms with E-state index in [-0.39, 0.29) is 24.5 Å². The molecule has 0 radical (unpaired) electrons. The number of phenolic OH excluding ortho intramolecular Hbond substituents is 1. The molecule has 0 amide bonds. The van der Waals surface area contributed by atoms with E-state index in [4.69, 9.17) is 4.74 Å². The summed E-state index contributed by atoms with van der Waals surface area (Å²) >= 11 is 0. The molecule has 2 unspecified atom stereocenters. The summed E-state index contributed by atoms with van der Waals surface area (Å²) in [5.74, 6) is 0.903. The van der Waals surface area contributed by atoms with Gasteiger partial charge in [0.25, 0.3) is 0 Å². The number of ether oxygens (including phenoxy) is 1. The van der Waals surface area contributed by atoms with Crippen molar-refractivity contribution < 1.29 is 19.3 Å². The van der Waals surface area contributed by atoms with E-state index in [1.165, 1.54) is 36.1 Å². The van der Waals surface area contributed by atoms with Crippen molar-refractivity contribution in [2.45, 2.75) is 44.2 Å². The average Bonchev–Trinajstić information content (AvgIpc) is 2.90. The topological polar surface area (TPSA) is 56.2 Å². The van der Waals surface area contributed by atoms with Crippen LogP contribution in [-0.2, 0) is 12.8 Å². The monoisotopic (exact) mass is 490 g/mol. The molecule has 1 fully saturated rings. The molecule has 1 saturated heterocycles. The van der Waals surface area contributed by atoms with Gasteiger partial charge in [-0.3, -0.25) is 4.90 Å². The van der Waals surface area contributed by atoms with Crippen molar-refractivity contribution in [1.82, 2.24) is 4.90 Å². The Hall–Kier alpha value is -3.09. The van der Waals surface area contributed by atoms with Crippen molar-refractivity contribution in [2.75, 3.05) is 37.7 Å². The number of anilines is 1. The first-order valence-electron chi connectivity index (χ1n) is 13.0. The Balaban J connectivity index is 1.27. The van der Waals surface area contributed by atoms with Gasteiger partial charge in [-0.15, -0.1) is 0 Å². The van der Waals surface area contributed by atoms with Gasteiger partial charge in [0.1, 0.15) is 23.9 Å². The molecule has 2 atom stereocenters. The Morgan fingerprint density at radius 1 is 0.944 bits per heavy atom. The molecule has 3 aromatic carbocycles. The highest BCUT2D eigenvalue weighted by Gasteiger charge is 2.28. The van der Waals surface area contributed by atoms with Gasteiger partial charge in [-0.1, -0.05) is 24.6 Å². The summed E-state index contributed by atoms with van der Waals surface area (Å²) in [6, 6.07) is 21.0. The van der Waals surface area contributed by atoms with E-state index in [9.17, 15) is 14.6 Å². The Morgan fingerprint density at radius 2 is 1.75 bits per heavy atom. The third kappa shape index (κ3) is 5.66. The number of piperidine rings is 1. The number of aliphatic hydroxyl groups is 1. The molecule has 5 rings (SSSR count). The smallest absolute Gasteiger partial charge is 0.123 e. The molecule has 2 aliphatic heterocycles. The van der Waals surface area contributed by atoms with E-state index in [1.807, 2.05) is 36.4 Å². The van der Waals surface area contributed by atoms with Gasteiger partial charge in [-0.05, 0) is 97.4 Å². The van der Waals surface area contributed by atoms with E-state index in [0.29, 0.717) is 12.4 Å². The van der Waals surface area contributed by atoms with Crippen LogP contribution in [0, 0.1) is 5.82 Å². The zero-order valence-electron chi connectivity index (χ0n) is 20.7. The van der Waals surface area contributed by atoms with E-state index in [0.717, 1.165) is 55.9 Å². The van der Waals surface area contributed by atoms with Gasteiger partial charge in [-0.25, -0.2) is 4.39 Å². The summed E-state index contributed by atoms with van der Waals surface area (Å²) in [5, 5.41) is 19.6. The second kappa shape index (κ2) is 11.3. The molecule has 0 bridgehead atoms. The number of hydrogen-bond donors (Lipinski definition) is 2. The molecule has 0 aromatic heterocycles. The molecule has 2 aliphatic rings. The van der Waals surface area contributed by atoms with Crippen LogP contribution in [0.2, 0.25) is 0 Å². The van der Waals surface area contributed by atoms with Crippen LogP contribution in [0.4, 0.5) is 10.1 Å². The summed E-state index contributed by atoms with van der Waals surface area (Å²) in [4.78, 5) is 4.67. The predicted octanol–water partition coefficient (Wildman–Crippen LogP) is 5.10. The fraction of sp³-hybridized carbons (Fsp3) is 0.400. The minimum Gasteiger partial charge on any atom is -0.508 e. The Bertz CT molecular complexity index is 1140. The quantitative estimate of drug-likeness (QED) is 0.460. The lowest BCUT2D eigenvalue weighted by Gasteiger charge is -2.39. The maximum absolute atomic E-state index is 13.6. The largest absolute Gasteiger partial charge is 0.508 e. The van der Waals surface area contributed by atoms with E-state index >= 15 is 0 Å². The van der Waals surface area contributed by atoms with Crippen molar-refractivity contribution in [2.24, 2.45) is 0 Å². The molecule has 36 heavy (non-hydrogen) atoms. The molecule has 0 spiro atoms. The Labute approximate surface area is 212 Å². The second-order valence-electron chi connectivity index (χ2n) is 9.88. The lowest BCUT2D eigenvalue weighted by molar-refractivity contribution is 0.0773. The molecule has 6 heteroatoms. The van der Waals surface area contributed by atoms with Crippen LogP contribution < -0.4 is 9.64 Å². The fourth-order valence-electron chi connectivity index (χ4n) is 5.65. The predicted molar refractivity (Wildman–Crippen MR) is 140 cm³/mol. The van der Waals surface area contributed by atoms with Gasteiger partial charge in [-0.2, -0.15) is 0 Å². The standard InChI is InChI=1S/C30H35FN2O3/c31-24-6-8-25(9-7-24)33-16-14-23-20-27(35)10-13-29(23)30(33)19-22-4-11-28(12-5-22)36-18-17-32-15-2-1-3-26(32)21-34/h4-13,20,26,30,34-35H,1-3,14-19,21H2. The first-order valence-corrected chi connectivity index (χ1v) is 13.0. The normalized spacial score (nSPS) is 20.2. The summed E-state index contributed by atoms with van der Waals surface area (Å²) in [7, 11) is 0. The number of aromatic hydroxyl groups is 1. The molecule has 5 nitrogen and oxygen atoms in total. The van der Waals surface area contributed by atoms with Gasteiger partial charge in [0.2, 0.25) is 0 Å². The number of aliphatic hydroxyl groups excluding tert-OH is 1. The third-order valence-corrected chi connectivity index (χ3v) is 7.60. The molecule has 0 aliphatic carbocycles. The molecule has 2 N–H and O–H groups in total. The first kappa shape index (κ1) is 24.6. The molecule has 3 aromatic rings. The molecule has 0 saturated carbocycles. The third-order valence-electron chi connectivity index (χ3n) is 7.60. The number of phenols is 1. The SMILES string of the molecule is OCC1CCCCN1CCOc1ccc(CC2c3ccc(O)cc3CCN2c2ccc(F)cc2)cc1. The zero-order chi connectivity index (χ0) is 24.9.